The zero-order valence-corrected chi connectivity index (χ0v) is 11.9. The van der Waals surface area contributed by atoms with E-state index in [-0.39, 0.29) is 24.7 Å². The lowest BCUT2D eigenvalue weighted by atomic mass is 10.1. The van der Waals surface area contributed by atoms with Crippen LogP contribution in [-0.4, -0.2) is 29.8 Å². The number of carbonyl (C=O) groups is 2. The molecule has 2 amide bonds. The SMILES string of the molecule is Cc1ccccc1CN(C)C(=O)C(N)CC(N)=O.Cl. The summed E-state index contributed by atoms with van der Waals surface area (Å²) in [6.07, 6.45) is -0.128. The minimum Gasteiger partial charge on any atom is -0.370 e. The van der Waals surface area contributed by atoms with Gasteiger partial charge < -0.3 is 16.4 Å². The largest absolute Gasteiger partial charge is 0.370 e. The average Bonchev–Trinajstić information content (AvgIpc) is 2.30. The Balaban J connectivity index is 0.00000324. The van der Waals surface area contributed by atoms with Gasteiger partial charge in [0.1, 0.15) is 0 Å². The number of aryl methyl sites for hydroxylation is 1. The van der Waals surface area contributed by atoms with E-state index in [0.717, 1.165) is 11.1 Å². The molecule has 1 rings (SSSR count). The summed E-state index contributed by atoms with van der Waals surface area (Å²) < 4.78 is 0. The van der Waals surface area contributed by atoms with Gasteiger partial charge in [0, 0.05) is 13.6 Å². The Kier molecular flexibility index (Phi) is 7.11. The molecule has 4 N–H and O–H groups in total. The molecule has 0 bridgehead atoms. The van der Waals surface area contributed by atoms with Crippen molar-refractivity contribution in [1.82, 2.24) is 4.90 Å². The highest BCUT2D eigenvalue weighted by molar-refractivity contribution is 5.87. The van der Waals surface area contributed by atoms with Crippen molar-refractivity contribution in [3.05, 3.63) is 35.4 Å². The molecule has 6 heteroatoms. The summed E-state index contributed by atoms with van der Waals surface area (Å²) in [6, 6.07) is 6.94. The lowest BCUT2D eigenvalue weighted by Gasteiger charge is -2.21. The van der Waals surface area contributed by atoms with Crippen LogP contribution in [0.3, 0.4) is 0 Å². The Morgan fingerprint density at radius 2 is 1.89 bits per heavy atom. The van der Waals surface area contributed by atoms with Gasteiger partial charge in [-0.15, -0.1) is 12.4 Å². The Morgan fingerprint density at radius 1 is 1.32 bits per heavy atom. The van der Waals surface area contributed by atoms with E-state index in [2.05, 4.69) is 0 Å². The summed E-state index contributed by atoms with van der Waals surface area (Å²) in [5.41, 5.74) is 12.8. The second-order valence-corrected chi connectivity index (χ2v) is 4.40. The van der Waals surface area contributed by atoms with Crippen LogP contribution in [-0.2, 0) is 16.1 Å². The van der Waals surface area contributed by atoms with Crippen LogP contribution in [0.5, 0.6) is 0 Å². The minimum absolute atomic E-state index is 0. The third kappa shape index (κ3) is 5.28. The number of nitrogens with two attached hydrogens (primary N) is 2. The van der Waals surface area contributed by atoms with Gasteiger partial charge in [-0.2, -0.15) is 0 Å². The summed E-state index contributed by atoms with van der Waals surface area (Å²) in [6.45, 7) is 2.45. The summed E-state index contributed by atoms with van der Waals surface area (Å²) in [5, 5.41) is 0. The molecule has 0 aromatic heterocycles. The van der Waals surface area contributed by atoms with Gasteiger partial charge in [-0.25, -0.2) is 0 Å². The number of halogens is 1. The zero-order valence-electron chi connectivity index (χ0n) is 11.1. The predicted molar refractivity (Wildman–Crippen MR) is 76.7 cm³/mol. The Labute approximate surface area is 119 Å². The van der Waals surface area contributed by atoms with Crippen LogP contribution in [0.15, 0.2) is 24.3 Å². The van der Waals surface area contributed by atoms with Crippen molar-refractivity contribution in [2.24, 2.45) is 11.5 Å². The molecule has 0 heterocycles. The molecule has 1 aromatic rings. The van der Waals surface area contributed by atoms with E-state index in [1.807, 2.05) is 31.2 Å². The minimum atomic E-state index is -0.864. The number of rotatable bonds is 5. The number of hydrogen-bond acceptors (Lipinski definition) is 3. The van der Waals surface area contributed by atoms with Gasteiger partial charge in [-0.05, 0) is 18.1 Å². The zero-order chi connectivity index (χ0) is 13.7. The van der Waals surface area contributed by atoms with E-state index in [1.54, 1.807) is 7.05 Å². The molecule has 1 aromatic carbocycles. The second-order valence-electron chi connectivity index (χ2n) is 4.40. The Bertz CT molecular complexity index is 451. The normalized spacial score (nSPS) is 11.3. The van der Waals surface area contributed by atoms with Gasteiger partial charge in [0.25, 0.3) is 0 Å². The fraction of sp³-hybridized carbons (Fsp3) is 0.385. The number of likely N-dealkylation sites (N-methyl/N-ethyl adjacent to an activating group) is 1. The quantitative estimate of drug-likeness (QED) is 0.829. The molecule has 0 saturated heterocycles. The van der Waals surface area contributed by atoms with Gasteiger partial charge in [0.15, 0.2) is 0 Å². The molecule has 1 unspecified atom stereocenters. The molecule has 0 radical (unpaired) electrons. The molecule has 19 heavy (non-hydrogen) atoms. The average molecular weight is 286 g/mol. The number of hydrogen-bond donors (Lipinski definition) is 2. The predicted octanol–water partition coefficient (Wildman–Crippen LogP) is 0.578. The standard InChI is InChI=1S/C13H19N3O2.ClH/c1-9-5-3-4-6-10(9)8-16(2)13(18)11(14)7-12(15)17;/h3-6,11H,7-8,14H2,1-2H3,(H2,15,17);1H. The molecular formula is C13H20ClN3O2. The first-order chi connectivity index (χ1) is 8.41. The van der Waals surface area contributed by atoms with Crippen LogP contribution in [0, 0.1) is 6.92 Å². The maximum absolute atomic E-state index is 11.9. The maximum Gasteiger partial charge on any atom is 0.240 e. The second kappa shape index (κ2) is 7.76. The highest BCUT2D eigenvalue weighted by Crippen LogP contribution is 2.10. The van der Waals surface area contributed by atoms with Crippen LogP contribution >= 0.6 is 12.4 Å². The molecular weight excluding hydrogens is 266 g/mol. The van der Waals surface area contributed by atoms with E-state index in [0.29, 0.717) is 6.54 Å². The smallest absolute Gasteiger partial charge is 0.240 e. The van der Waals surface area contributed by atoms with Gasteiger partial charge in [0.2, 0.25) is 11.8 Å². The number of nitrogens with zero attached hydrogens (tertiary/aromatic N) is 1. The van der Waals surface area contributed by atoms with Crippen molar-refractivity contribution < 1.29 is 9.59 Å². The number of primary amides is 1. The topological polar surface area (TPSA) is 89.4 Å². The molecule has 0 fully saturated rings. The van der Waals surface area contributed by atoms with Crippen LogP contribution in [0.1, 0.15) is 17.5 Å². The van der Waals surface area contributed by atoms with Crippen LogP contribution in [0.25, 0.3) is 0 Å². The lowest BCUT2D eigenvalue weighted by molar-refractivity contribution is -0.133. The number of carbonyl (C=O) groups excluding carboxylic acids is 2. The van der Waals surface area contributed by atoms with Crippen molar-refractivity contribution in [2.75, 3.05) is 7.05 Å². The molecule has 5 nitrogen and oxygen atoms in total. The Morgan fingerprint density at radius 3 is 2.42 bits per heavy atom. The first-order valence-electron chi connectivity index (χ1n) is 5.75. The molecule has 0 spiro atoms. The highest BCUT2D eigenvalue weighted by atomic mass is 35.5. The summed E-state index contributed by atoms with van der Waals surface area (Å²) >= 11 is 0. The molecule has 0 aliphatic carbocycles. The number of benzene rings is 1. The maximum atomic E-state index is 11.9. The van der Waals surface area contributed by atoms with Crippen LogP contribution in [0.4, 0.5) is 0 Å². The molecule has 106 valence electrons. The molecule has 0 saturated carbocycles. The third-order valence-electron chi connectivity index (χ3n) is 2.78. The summed E-state index contributed by atoms with van der Waals surface area (Å²) in [5.74, 6) is -0.850. The van der Waals surface area contributed by atoms with E-state index >= 15 is 0 Å². The van der Waals surface area contributed by atoms with Crippen molar-refractivity contribution in [1.29, 1.82) is 0 Å². The molecule has 0 aliphatic heterocycles. The van der Waals surface area contributed by atoms with Gasteiger partial charge in [-0.1, -0.05) is 24.3 Å². The summed E-state index contributed by atoms with van der Waals surface area (Å²) in [7, 11) is 1.66. The summed E-state index contributed by atoms with van der Waals surface area (Å²) in [4.78, 5) is 24.1. The lowest BCUT2D eigenvalue weighted by Crippen LogP contribution is -2.43. The fourth-order valence-corrected chi connectivity index (χ4v) is 1.71. The van der Waals surface area contributed by atoms with Gasteiger partial charge in [-0.3, -0.25) is 9.59 Å². The van der Waals surface area contributed by atoms with Gasteiger partial charge >= 0.3 is 0 Å². The van der Waals surface area contributed by atoms with Gasteiger partial charge in [0.05, 0.1) is 12.5 Å². The Hall–Kier alpha value is -1.59. The van der Waals surface area contributed by atoms with E-state index in [4.69, 9.17) is 11.5 Å². The molecule has 1 atom stereocenters. The van der Waals surface area contributed by atoms with E-state index < -0.39 is 11.9 Å². The molecule has 0 aliphatic rings. The van der Waals surface area contributed by atoms with Crippen LogP contribution < -0.4 is 11.5 Å². The van der Waals surface area contributed by atoms with E-state index in [9.17, 15) is 9.59 Å². The number of amides is 2. The van der Waals surface area contributed by atoms with Crippen molar-refractivity contribution in [3.63, 3.8) is 0 Å². The monoisotopic (exact) mass is 285 g/mol. The highest BCUT2D eigenvalue weighted by Gasteiger charge is 2.20. The van der Waals surface area contributed by atoms with Crippen LogP contribution in [0.2, 0.25) is 0 Å². The van der Waals surface area contributed by atoms with Crippen molar-refractivity contribution in [3.8, 4) is 0 Å². The third-order valence-corrected chi connectivity index (χ3v) is 2.78. The van der Waals surface area contributed by atoms with Crippen molar-refractivity contribution >= 4 is 24.2 Å². The fourth-order valence-electron chi connectivity index (χ4n) is 1.71. The first kappa shape index (κ1) is 17.4. The first-order valence-corrected chi connectivity index (χ1v) is 5.75. The van der Waals surface area contributed by atoms with Crippen molar-refractivity contribution in [2.45, 2.75) is 25.9 Å². The van der Waals surface area contributed by atoms with E-state index in [1.165, 1.54) is 4.90 Å².